The minimum absolute atomic E-state index is 0.0131. The zero-order chi connectivity index (χ0) is 40.0. The first-order valence-electron chi connectivity index (χ1n) is 19.0. The smallest absolute Gasteiger partial charge is 0.266 e. The Morgan fingerprint density at radius 3 is 2.39 bits per heavy atom. The maximum absolute atomic E-state index is 13.4. The molecule has 14 heteroatoms. The molecule has 3 aromatic carbocycles. The number of piperidine rings is 2. The molecule has 5 aromatic rings. The highest BCUT2D eigenvalue weighted by atomic mass is 16.5. The molecule has 1 unspecified atom stereocenters. The predicted molar refractivity (Wildman–Crippen MR) is 209 cm³/mol. The van der Waals surface area contributed by atoms with Crippen LogP contribution in [0.3, 0.4) is 0 Å². The molecule has 0 saturated carbocycles. The molecule has 2 fully saturated rings. The van der Waals surface area contributed by atoms with Crippen LogP contribution in [0.15, 0.2) is 73.1 Å². The van der Waals surface area contributed by atoms with Crippen LogP contribution in [0.5, 0.6) is 5.75 Å². The van der Waals surface area contributed by atoms with Crippen LogP contribution in [-0.2, 0) is 14.4 Å². The van der Waals surface area contributed by atoms with Crippen molar-refractivity contribution in [1.82, 2.24) is 35.0 Å². The number of rotatable bonds is 9. The summed E-state index contributed by atoms with van der Waals surface area (Å²) in [6, 6.07) is 17.7. The van der Waals surface area contributed by atoms with E-state index in [0.717, 1.165) is 51.2 Å². The number of nitrogens with one attached hydrogen (secondary N) is 2. The lowest BCUT2D eigenvalue weighted by molar-refractivity contribution is -0.136. The highest BCUT2D eigenvalue weighted by Gasteiger charge is 2.46. The fraction of sp³-hybridized carbons (Fsp3) is 0.302. The molecular formula is C43H41N7O7. The number of carbonyl (C=O) groups is 6. The molecule has 0 aliphatic carbocycles. The minimum Gasteiger partial charge on any atom is -0.492 e. The summed E-state index contributed by atoms with van der Waals surface area (Å²) in [5.74, 6) is -2.02. The van der Waals surface area contributed by atoms with Gasteiger partial charge in [0, 0.05) is 56.5 Å². The minimum atomic E-state index is -1.07. The van der Waals surface area contributed by atoms with Crippen LogP contribution in [-0.4, -0.2) is 105 Å². The molecule has 2 aromatic heterocycles. The highest BCUT2D eigenvalue weighted by Crippen LogP contribution is 2.35. The number of imide groups is 2. The van der Waals surface area contributed by atoms with Crippen LogP contribution >= 0.6 is 0 Å². The number of aromatic nitrogens is 3. The predicted octanol–water partition coefficient (Wildman–Crippen LogP) is 4.88. The van der Waals surface area contributed by atoms with E-state index in [1.165, 1.54) is 11.6 Å². The van der Waals surface area contributed by atoms with Crippen LogP contribution in [0.4, 0.5) is 0 Å². The van der Waals surface area contributed by atoms with Crippen molar-refractivity contribution in [2.45, 2.75) is 51.0 Å². The van der Waals surface area contributed by atoms with Gasteiger partial charge in [0.1, 0.15) is 17.3 Å². The van der Waals surface area contributed by atoms with E-state index < -0.39 is 29.7 Å². The maximum atomic E-state index is 13.4. The van der Waals surface area contributed by atoms with Crippen LogP contribution in [0.25, 0.3) is 33.5 Å². The molecule has 3 aliphatic rings. The number of fused-ring (bicyclic) bond motifs is 2. The van der Waals surface area contributed by atoms with Crippen LogP contribution in [0, 0.1) is 6.92 Å². The average Bonchev–Trinajstić information content (AvgIpc) is 3.75. The van der Waals surface area contributed by atoms with Crippen LogP contribution in [0.1, 0.15) is 80.2 Å². The standard InChI is InChI=1S/C43H41N7O7/c1-24-21-28(11-12-29(24)41(54)48(2)3)31-22-44-39-38(31)46-32(23-45-39)27-9-7-25(8-10-27)26-15-18-49(19-16-26)36(52)17-20-57-34-6-4-5-30-37(34)43(56)50(42(30)55)33-13-14-35(51)47-40(33)53/h4-12,21-23,26,33H,13-20H2,1-3H3,(H,44,45)(H,47,51,53). The summed E-state index contributed by atoms with van der Waals surface area (Å²) < 4.78 is 5.89. The SMILES string of the molecule is Cc1cc(-c2c[nH]c3ncc(-c4ccc(C5CCN(C(=O)CCOc6cccc7c6C(=O)N(C6CCC(=O)NC6=O)C7=O)CC5)cc4)nc23)ccc1C(=O)N(C)C. The number of benzene rings is 3. The lowest BCUT2D eigenvalue weighted by Crippen LogP contribution is -2.54. The number of carbonyl (C=O) groups excluding carboxylic acids is 6. The monoisotopic (exact) mass is 767 g/mol. The first kappa shape index (κ1) is 37.2. The number of H-pyrrole nitrogens is 1. The van der Waals surface area contributed by atoms with Crippen molar-refractivity contribution in [1.29, 1.82) is 0 Å². The van der Waals surface area contributed by atoms with Gasteiger partial charge in [0.05, 0.1) is 36.0 Å². The van der Waals surface area contributed by atoms with Gasteiger partial charge in [-0.15, -0.1) is 0 Å². The van der Waals surface area contributed by atoms with E-state index in [-0.39, 0.29) is 60.5 Å². The Morgan fingerprint density at radius 1 is 0.912 bits per heavy atom. The van der Waals surface area contributed by atoms with E-state index in [1.807, 2.05) is 36.2 Å². The molecule has 14 nitrogen and oxygen atoms in total. The van der Waals surface area contributed by atoms with Gasteiger partial charge in [-0.2, -0.15) is 0 Å². The Kier molecular flexibility index (Phi) is 9.86. The molecule has 2 N–H and O–H groups in total. The van der Waals surface area contributed by atoms with Crippen molar-refractivity contribution in [2.75, 3.05) is 33.8 Å². The van der Waals surface area contributed by atoms with Crippen molar-refractivity contribution < 1.29 is 33.5 Å². The Bertz CT molecular complexity index is 2470. The van der Waals surface area contributed by atoms with Crippen molar-refractivity contribution in [3.05, 3.63) is 101 Å². The van der Waals surface area contributed by atoms with E-state index in [1.54, 1.807) is 37.3 Å². The first-order valence-corrected chi connectivity index (χ1v) is 19.0. The van der Waals surface area contributed by atoms with Gasteiger partial charge in [0.25, 0.3) is 17.7 Å². The Morgan fingerprint density at radius 2 is 1.67 bits per heavy atom. The van der Waals surface area contributed by atoms with E-state index >= 15 is 0 Å². The Hall–Kier alpha value is -6.70. The molecule has 290 valence electrons. The topological polar surface area (TPSA) is 175 Å². The van der Waals surface area contributed by atoms with Gasteiger partial charge in [0.15, 0.2) is 5.65 Å². The Balaban J connectivity index is 0.861. The van der Waals surface area contributed by atoms with Crippen molar-refractivity contribution >= 4 is 46.6 Å². The number of aromatic amines is 1. The molecule has 3 aliphatic heterocycles. The highest BCUT2D eigenvalue weighted by molar-refractivity contribution is 6.24. The third-order valence-electron chi connectivity index (χ3n) is 11.1. The summed E-state index contributed by atoms with van der Waals surface area (Å²) in [5, 5.41) is 2.19. The second kappa shape index (κ2) is 15.1. The third-order valence-corrected chi connectivity index (χ3v) is 11.1. The molecule has 0 spiro atoms. The fourth-order valence-corrected chi connectivity index (χ4v) is 7.96. The number of likely N-dealkylation sites (tertiary alicyclic amines) is 1. The van der Waals surface area contributed by atoms with Gasteiger partial charge in [0.2, 0.25) is 17.7 Å². The number of hydrogen-bond acceptors (Lipinski definition) is 9. The number of nitrogens with zero attached hydrogens (tertiary/aromatic N) is 5. The van der Waals surface area contributed by atoms with E-state index in [9.17, 15) is 28.8 Å². The normalized spacial score (nSPS) is 17.2. The summed E-state index contributed by atoms with van der Waals surface area (Å²) >= 11 is 0. The largest absolute Gasteiger partial charge is 0.492 e. The molecule has 1 atom stereocenters. The first-order chi connectivity index (χ1) is 27.5. The number of ether oxygens (including phenoxy) is 1. The molecular weight excluding hydrogens is 727 g/mol. The lowest BCUT2D eigenvalue weighted by Gasteiger charge is -2.32. The van der Waals surface area contributed by atoms with E-state index in [4.69, 9.17) is 9.72 Å². The summed E-state index contributed by atoms with van der Waals surface area (Å²) in [7, 11) is 3.48. The maximum Gasteiger partial charge on any atom is 0.266 e. The molecule has 2 saturated heterocycles. The van der Waals surface area contributed by atoms with Gasteiger partial charge in [-0.3, -0.25) is 39.0 Å². The van der Waals surface area contributed by atoms with Gasteiger partial charge < -0.3 is 19.5 Å². The second-order valence-corrected chi connectivity index (χ2v) is 14.9. The van der Waals surface area contributed by atoms with Crippen molar-refractivity contribution in [2.24, 2.45) is 0 Å². The van der Waals surface area contributed by atoms with Gasteiger partial charge in [-0.25, -0.2) is 9.97 Å². The number of aryl methyl sites for hydroxylation is 1. The van der Waals surface area contributed by atoms with Crippen LogP contribution in [0.2, 0.25) is 0 Å². The van der Waals surface area contributed by atoms with Crippen LogP contribution < -0.4 is 10.1 Å². The molecule has 0 radical (unpaired) electrons. The molecule has 8 rings (SSSR count). The van der Waals surface area contributed by atoms with Crippen molar-refractivity contribution in [3.63, 3.8) is 0 Å². The zero-order valence-corrected chi connectivity index (χ0v) is 31.8. The second-order valence-electron chi connectivity index (χ2n) is 14.9. The molecule has 6 amide bonds. The molecule has 57 heavy (non-hydrogen) atoms. The van der Waals surface area contributed by atoms with Gasteiger partial charge in [-0.1, -0.05) is 42.5 Å². The van der Waals surface area contributed by atoms with Crippen molar-refractivity contribution in [3.8, 4) is 28.1 Å². The molecule has 0 bridgehead atoms. The summed E-state index contributed by atoms with van der Waals surface area (Å²) in [5.41, 5.74) is 7.89. The Labute approximate surface area is 328 Å². The van der Waals surface area contributed by atoms with E-state index in [0.29, 0.717) is 24.3 Å². The molecule has 5 heterocycles. The summed E-state index contributed by atoms with van der Waals surface area (Å²) in [6.45, 7) is 3.14. The fourth-order valence-electron chi connectivity index (χ4n) is 7.96. The lowest BCUT2D eigenvalue weighted by atomic mass is 9.88. The van der Waals surface area contributed by atoms with E-state index in [2.05, 4.69) is 39.6 Å². The number of hydrogen-bond donors (Lipinski definition) is 2. The quantitative estimate of drug-likeness (QED) is 0.198. The van der Waals surface area contributed by atoms with Gasteiger partial charge >= 0.3 is 0 Å². The zero-order valence-electron chi connectivity index (χ0n) is 31.8. The average molecular weight is 768 g/mol. The summed E-state index contributed by atoms with van der Waals surface area (Å²) in [4.78, 5) is 93.4. The third kappa shape index (κ3) is 7.03. The number of amides is 6. The van der Waals surface area contributed by atoms with Gasteiger partial charge in [-0.05, 0) is 67.0 Å². The summed E-state index contributed by atoms with van der Waals surface area (Å²) in [6.07, 6.45) is 5.45.